The Morgan fingerprint density at radius 3 is 2.94 bits per heavy atom. The summed E-state index contributed by atoms with van der Waals surface area (Å²) in [6, 6.07) is 2.14. The number of hydrogen-bond acceptors (Lipinski definition) is 4. The highest BCUT2D eigenvalue weighted by Crippen LogP contribution is 2.15. The number of nitrogens with two attached hydrogens (primary N) is 1. The lowest BCUT2D eigenvalue weighted by Gasteiger charge is -2.14. The van der Waals surface area contributed by atoms with Crippen LogP contribution in [-0.4, -0.2) is 36.8 Å². The average molecular weight is 266 g/mol. The third kappa shape index (κ3) is 6.18. The summed E-state index contributed by atoms with van der Waals surface area (Å²) in [5.74, 6) is 5.91. The van der Waals surface area contributed by atoms with Crippen molar-refractivity contribution >= 4 is 11.3 Å². The Morgan fingerprint density at radius 1 is 1.39 bits per heavy atom. The Hall–Kier alpha value is -0.860. The number of thiophene rings is 1. The first-order valence-electron chi connectivity index (χ1n) is 6.32. The molecule has 0 saturated heterocycles. The first-order chi connectivity index (χ1) is 8.76. The van der Waals surface area contributed by atoms with Crippen LogP contribution in [-0.2, 0) is 6.54 Å². The second-order valence-electron chi connectivity index (χ2n) is 4.33. The molecule has 4 heteroatoms. The molecule has 0 radical (unpaired) electrons. The molecular weight excluding hydrogens is 244 g/mol. The summed E-state index contributed by atoms with van der Waals surface area (Å²) in [5.41, 5.74) is 6.41. The molecule has 0 aromatic carbocycles. The zero-order valence-electron chi connectivity index (χ0n) is 11.0. The van der Waals surface area contributed by atoms with Gasteiger partial charge in [-0.1, -0.05) is 11.8 Å². The van der Waals surface area contributed by atoms with E-state index < -0.39 is 0 Å². The third-order valence-electron chi connectivity index (χ3n) is 2.61. The van der Waals surface area contributed by atoms with Gasteiger partial charge in [-0.25, -0.2) is 0 Å². The Bertz CT molecular complexity index is 392. The van der Waals surface area contributed by atoms with Crippen LogP contribution in [0.25, 0.3) is 0 Å². The summed E-state index contributed by atoms with van der Waals surface area (Å²) in [6.07, 6.45) is 3.15. The maximum absolute atomic E-state index is 8.71. The SMILES string of the molecule is CN(CCCCCO)Cc1cc(C#CCN)cs1. The minimum absolute atomic E-state index is 0.303. The molecule has 3 nitrogen and oxygen atoms in total. The van der Waals surface area contributed by atoms with Crippen molar-refractivity contribution in [2.75, 3.05) is 26.7 Å². The number of unbranched alkanes of at least 4 members (excludes halogenated alkanes) is 2. The van der Waals surface area contributed by atoms with Crippen LogP contribution in [0.3, 0.4) is 0 Å². The summed E-state index contributed by atoms with van der Waals surface area (Å²) < 4.78 is 0. The molecule has 0 bridgehead atoms. The monoisotopic (exact) mass is 266 g/mol. The number of aliphatic hydroxyl groups excluding tert-OH is 1. The van der Waals surface area contributed by atoms with Gasteiger partial charge in [-0.15, -0.1) is 11.3 Å². The molecule has 1 heterocycles. The highest BCUT2D eigenvalue weighted by molar-refractivity contribution is 7.10. The molecule has 0 saturated carbocycles. The quantitative estimate of drug-likeness (QED) is 0.583. The van der Waals surface area contributed by atoms with Gasteiger partial charge in [0.1, 0.15) is 0 Å². The molecule has 0 amide bonds. The van der Waals surface area contributed by atoms with Gasteiger partial charge in [0.05, 0.1) is 6.54 Å². The number of nitrogens with zero attached hydrogens (tertiary/aromatic N) is 1. The Kier molecular flexibility index (Phi) is 7.70. The molecule has 0 spiro atoms. The van der Waals surface area contributed by atoms with Crippen LogP contribution in [0.15, 0.2) is 11.4 Å². The summed E-state index contributed by atoms with van der Waals surface area (Å²) in [5, 5.41) is 10.8. The molecule has 1 aromatic heterocycles. The predicted octanol–water partition coefficient (Wildman–Crippen LogP) is 1.65. The smallest absolute Gasteiger partial charge is 0.0555 e. The zero-order chi connectivity index (χ0) is 13.2. The highest BCUT2D eigenvalue weighted by atomic mass is 32.1. The van der Waals surface area contributed by atoms with Crippen molar-refractivity contribution < 1.29 is 5.11 Å². The van der Waals surface area contributed by atoms with Crippen molar-refractivity contribution in [3.8, 4) is 11.8 Å². The molecule has 100 valence electrons. The lowest BCUT2D eigenvalue weighted by molar-refractivity contribution is 0.271. The number of aliphatic hydroxyl groups is 1. The van der Waals surface area contributed by atoms with Gasteiger partial charge >= 0.3 is 0 Å². The van der Waals surface area contributed by atoms with Gasteiger partial charge < -0.3 is 15.7 Å². The second kappa shape index (κ2) is 9.12. The van der Waals surface area contributed by atoms with Gasteiger partial charge in [-0.05, 0) is 38.9 Å². The summed E-state index contributed by atoms with van der Waals surface area (Å²) in [7, 11) is 2.13. The zero-order valence-corrected chi connectivity index (χ0v) is 11.8. The van der Waals surface area contributed by atoms with E-state index in [1.807, 2.05) is 0 Å². The summed E-state index contributed by atoms with van der Waals surface area (Å²) in [4.78, 5) is 3.64. The fourth-order valence-electron chi connectivity index (χ4n) is 1.70. The molecule has 0 unspecified atom stereocenters. The van der Waals surface area contributed by atoms with Crippen molar-refractivity contribution in [3.05, 3.63) is 21.9 Å². The summed E-state index contributed by atoms with van der Waals surface area (Å²) >= 11 is 1.75. The molecular formula is C14H22N2OS. The van der Waals surface area contributed by atoms with E-state index in [1.54, 1.807) is 11.3 Å². The van der Waals surface area contributed by atoms with Crippen LogP contribution in [0, 0.1) is 11.8 Å². The van der Waals surface area contributed by atoms with Crippen LogP contribution in [0.4, 0.5) is 0 Å². The first-order valence-corrected chi connectivity index (χ1v) is 7.20. The van der Waals surface area contributed by atoms with Crippen molar-refractivity contribution in [3.63, 3.8) is 0 Å². The van der Waals surface area contributed by atoms with E-state index in [0.717, 1.165) is 37.9 Å². The van der Waals surface area contributed by atoms with Crippen LogP contribution >= 0.6 is 11.3 Å². The minimum atomic E-state index is 0.303. The fraction of sp³-hybridized carbons (Fsp3) is 0.571. The van der Waals surface area contributed by atoms with Crippen LogP contribution < -0.4 is 5.73 Å². The van der Waals surface area contributed by atoms with E-state index >= 15 is 0 Å². The minimum Gasteiger partial charge on any atom is -0.396 e. The summed E-state index contributed by atoms with van der Waals surface area (Å²) in [6.45, 7) is 2.75. The lowest BCUT2D eigenvalue weighted by Crippen LogP contribution is -2.18. The maximum atomic E-state index is 8.71. The second-order valence-corrected chi connectivity index (χ2v) is 5.33. The van der Waals surface area contributed by atoms with Crippen LogP contribution in [0.2, 0.25) is 0 Å². The standard InChI is InChI=1S/C14H22N2OS/c1-16(8-3-2-4-9-17)11-14-10-13(12-18-14)6-5-7-15/h10,12,17H,2-4,7-9,11,15H2,1H3. The average Bonchev–Trinajstić information content (AvgIpc) is 2.80. The van der Waals surface area contributed by atoms with Gasteiger partial charge in [0, 0.05) is 29.0 Å². The Balaban J connectivity index is 2.30. The molecule has 3 N–H and O–H groups in total. The molecule has 0 fully saturated rings. The first kappa shape index (κ1) is 15.2. The third-order valence-corrected chi connectivity index (χ3v) is 3.53. The topological polar surface area (TPSA) is 49.5 Å². The van der Waals surface area contributed by atoms with E-state index in [1.165, 1.54) is 4.88 Å². The molecule has 1 rings (SSSR count). The lowest BCUT2D eigenvalue weighted by atomic mass is 10.2. The molecule has 0 aliphatic carbocycles. The predicted molar refractivity (Wildman–Crippen MR) is 77.5 cm³/mol. The van der Waals surface area contributed by atoms with Crippen LogP contribution in [0.5, 0.6) is 0 Å². The molecule has 0 atom stereocenters. The van der Waals surface area contributed by atoms with Crippen molar-refractivity contribution in [2.45, 2.75) is 25.8 Å². The van der Waals surface area contributed by atoms with Crippen LogP contribution in [0.1, 0.15) is 29.7 Å². The van der Waals surface area contributed by atoms with Gasteiger partial charge in [-0.2, -0.15) is 0 Å². The van der Waals surface area contributed by atoms with Gasteiger partial charge in [0.2, 0.25) is 0 Å². The van der Waals surface area contributed by atoms with Crippen molar-refractivity contribution in [1.29, 1.82) is 0 Å². The largest absolute Gasteiger partial charge is 0.396 e. The van der Waals surface area contributed by atoms with E-state index in [-0.39, 0.29) is 0 Å². The van der Waals surface area contributed by atoms with E-state index in [2.05, 4.69) is 35.2 Å². The molecule has 18 heavy (non-hydrogen) atoms. The van der Waals surface area contributed by atoms with E-state index in [0.29, 0.717) is 13.2 Å². The Labute approximate surface area is 114 Å². The van der Waals surface area contributed by atoms with Gasteiger partial charge in [-0.3, -0.25) is 0 Å². The van der Waals surface area contributed by atoms with Gasteiger partial charge in [0.15, 0.2) is 0 Å². The van der Waals surface area contributed by atoms with Crippen molar-refractivity contribution in [2.24, 2.45) is 5.73 Å². The fourth-order valence-corrected chi connectivity index (χ4v) is 2.59. The normalized spacial score (nSPS) is 10.4. The molecule has 1 aromatic rings. The molecule has 0 aliphatic rings. The molecule has 0 aliphatic heterocycles. The Morgan fingerprint density at radius 2 is 2.22 bits per heavy atom. The van der Waals surface area contributed by atoms with E-state index in [9.17, 15) is 0 Å². The van der Waals surface area contributed by atoms with Gasteiger partial charge in [0.25, 0.3) is 0 Å². The van der Waals surface area contributed by atoms with E-state index in [4.69, 9.17) is 10.8 Å². The van der Waals surface area contributed by atoms with Crippen molar-refractivity contribution in [1.82, 2.24) is 4.90 Å². The highest BCUT2D eigenvalue weighted by Gasteiger charge is 2.02. The maximum Gasteiger partial charge on any atom is 0.0555 e. The number of rotatable bonds is 7. The number of hydrogen-bond donors (Lipinski definition) is 2.